The molecule has 1 aromatic carbocycles. The molecule has 1 aliphatic rings. The van der Waals surface area contributed by atoms with Gasteiger partial charge in [0.1, 0.15) is 11.2 Å². The van der Waals surface area contributed by atoms with Crippen LogP contribution in [0.4, 0.5) is 27.8 Å². The van der Waals surface area contributed by atoms with Gasteiger partial charge in [-0.25, -0.2) is 18.8 Å². The van der Waals surface area contributed by atoms with Crippen molar-refractivity contribution >= 4 is 39.4 Å². The number of aryl methyl sites for hydroxylation is 1. The molecule has 0 aliphatic heterocycles. The number of hydrazine groups is 1. The molecule has 2 amide bonds. The first-order chi connectivity index (χ1) is 18.3. The lowest BCUT2D eigenvalue weighted by Gasteiger charge is -2.34. The van der Waals surface area contributed by atoms with Crippen LogP contribution in [0, 0.1) is 5.41 Å². The van der Waals surface area contributed by atoms with Crippen LogP contribution in [0.3, 0.4) is 0 Å². The van der Waals surface area contributed by atoms with Gasteiger partial charge in [0.05, 0.1) is 40.4 Å². The van der Waals surface area contributed by atoms with Crippen LogP contribution in [0.15, 0.2) is 42.7 Å². The summed E-state index contributed by atoms with van der Waals surface area (Å²) in [5.41, 5.74) is 4.28. The SMILES string of the molecule is CN(C(=O)C1(C(F)F)CC1)N(Cc1ccc(C(F)(F)F)cn1)C(=O)c1ccc2nc(N)c3cnn(C)c3c2c1. The van der Waals surface area contributed by atoms with Crippen LogP contribution in [0.2, 0.25) is 0 Å². The zero-order valence-electron chi connectivity index (χ0n) is 20.7. The molecule has 14 heteroatoms. The Hall–Kier alpha value is -4.36. The summed E-state index contributed by atoms with van der Waals surface area (Å²) in [7, 11) is 2.86. The summed E-state index contributed by atoms with van der Waals surface area (Å²) in [6.45, 7) is -0.447. The minimum atomic E-state index is -4.62. The molecule has 2 N–H and O–H groups in total. The van der Waals surface area contributed by atoms with Crippen LogP contribution >= 0.6 is 0 Å². The molecule has 204 valence electrons. The number of carbonyl (C=O) groups excluding carboxylic acids is 2. The molecule has 39 heavy (non-hydrogen) atoms. The molecule has 1 aliphatic carbocycles. The van der Waals surface area contributed by atoms with Crippen LogP contribution in [0.25, 0.3) is 21.8 Å². The summed E-state index contributed by atoms with van der Waals surface area (Å²) < 4.78 is 68.0. The number of fused-ring (bicyclic) bond motifs is 3. The molecule has 3 aromatic heterocycles. The molecule has 0 saturated heterocycles. The van der Waals surface area contributed by atoms with Crippen molar-refractivity contribution in [3.63, 3.8) is 0 Å². The third-order valence-electron chi connectivity index (χ3n) is 6.94. The van der Waals surface area contributed by atoms with E-state index >= 15 is 0 Å². The highest BCUT2D eigenvalue weighted by Crippen LogP contribution is 2.52. The molecule has 0 atom stereocenters. The van der Waals surface area contributed by atoms with E-state index < -0.39 is 41.9 Å². The fourth-order valence-corrected chi connectivity index (χ4v) is 4.48. The number of anilines is 1. The minimum Gasteiger partial charge on any atom is -0.383 e. The summed E-state index contributed by atoms with van der Waals surface area (Å²) >= 11 is 0. The summed E-state index contributed by atoms with van der Waals surface area (Å²) in [5.74, 6) is -1.49. The smallest absolute Gasteiger partial charge is 0.383 e. The van der Waals surface area contributed by atoms with Crippen molar-refractivity contribution in [2.24, 2.45) is 12.5 Å². The van der Waals surface area contributed by atoms with E-state index in [-0.39, 0.29) is 29.9 Å². The Bertz CT molecular complexity index is 1600. The van der Waals surface area contributed by atoms with Crippen molar-refractivity contribution in [3.8, 4) is 0 Å². The van der Waals surface area contributed by atoms with Gasteiger partial charge in [0.2, 0.25) is 0 Å². The fraction of sp³-hybridized carbons (Fsp3) is 0.320. The second-order valence-corrected chi connectivity index (χ2v) is 9.44. The van der Waals surface area contributed by atoms with E-state index in [9.17, 15) is 31.5 Å². The molecular weight excluding hydrogens is 525 g/mol. The first-order valence-electron chi connectivity index (χ1n) is 11.7. The lowest BCUT2D eigenvalue weighted by Crippen LogP contribution is -2.51. The maximum absolute atomic E-state index is 13.8. The normalized spacial score (nSPS) is 14.7. The average Bonchev–Trinajstić information content (AvgIpc) is 3.62. The third-order valence-corrected chi connectivity index (χ3v) is 6.94. The molecule has 1 saturated carbocycles. The van der Waals surface area contributed by atoms with Gasteiger partial charge < -0.3 is 5.73 Å². The van der Waals surface area contributed by atoms with Gasteiger partial charge in [0, 0.05) is 31.2 Å². The molecule has 0 radical (unpaired) electrons. The molecular formula is C25H22F5N7O2. The van der Waals surface area contributed by atoms with Gasteiger partial charge >= 0.3 is 6.18 Å². The number of hydrogen-bond donors (Lipinski definition) is 1. The summed E-state index contributed by atoms with van der Waals surface area (Å²) in [6.07, 6.45) is -5.52. The highest BCUT2D eigenvalue weighted by atomic mass is 19.4. The number of alkyl halides is 5. The number of nitrogen functional groups attached to an aromatic ring is 1. The van der Waals surface area contributed by atoms with E-state index in [0.717, 1.165) is 22.2 Å². The Morgan fingerprint density at radius 1 is 1.13 bits per heavy atom. The number of aromatic nitrogens is 4. The van der Waals surface area contributed by atoms with E-state index in [4.69, 9.17) is 5.73 Å². The minimum absolute atomic E-state index is 0.0159. The second-order valence-electron chi connectivity index (χ2n) is 9.44. The highest BCUT2D eigenvalue weighted by molar-refractivity contribution is 6.10. The van der Waals surface area contributed by atoms with Gasteiger partial charge in [0.15, 0.2) is 0 Å². The standard InChI is InChI=1S/C25H22F5N7O2/c1-35-19-16-9-13(3-6-18(16)34-20(31)17(19)11-33-35)21(38)37(36(2)23(39)24(7-8-24)22(26)27)12-15-5-4-14(10-32-15)25(28,29)30/h3-6,9-11,22H,7-8,12H2,1-2H3,(H2,31,34). The average molecular weight is 547 g/mol. The Labute approximate surface area is 218 Å². The molecule has 9 nitrogen and oxygen atoms in total. The first-order valence-corrected chi connectivity index (χ1v) is 11.7. The number of rotatable bonds is 5. The summed E-state index contributed by atoms with van der Waals surface area (Å²) in [6, 6.07) is 6.35. The number of halogens is 5. The van der Waals surface area contributed by atoms with Gasteiger partial charge in [-0.2, -0.15) is 18.3 Å². The number of carbonyl (C=O) groups is 2. The number of amides is 2. The van der Waals surface area contributed by atoms with Crippen LogP contribution < -0.4 is 5.73 Å². The van der Waals surface area contributed by atoms with E-state index in [1.165, 1.54) is 25.4 Å². The predicted octanol–water partition coefficient (Wildman–Crippen LogP) is 4.18. The van der Waals surface area contributed by atoms with Crippen molar-refractivity contribution in [2.75, 3.05) is 12.8 Å². The maximum atomic E-state index is 13.8. The molecule has 0 unspecified atom stereocenters. The summed E-state index contributed by atoms with van der Waals surface area (Å²) in [4.78, 5) is 35.0. The van der Waals surface area contributed by atoms with E-state index in [2.05, 4.69) is 15.1 Å². The van der Waals surface area contributed by atoms with Crippen molar-refractivity contribution in [2.45, 2.75) is 32.0 Å². The maximum Gasteiger partial charge on any atom is 0.417 e. The molecule has 5 rings (SSSR count). The van der Waals surface area contributed by atoms with E-state index in [1.54, 1.807) is 17.8 Å². The highest BCUT2D eigenvalue weighted by Gasteiger charge is 2.59. The molecule has 0 spiro atoms. The Balaban J connectivity index is 1.56. The Morgan fingerprint density at radius 2 is 1.85 bits per heavy atom. The second kappa shape index (κ2) is 9.13. The number of benzene rings is 1. The zero-order chi connectivity index (χ0) is 28.3. The van der Waals surface area contributed by atoms with Gasteiger partial charge in [-0.15, -0.1) is 0 Å². The van der Waals surface area contributed by atoms with Crippen molar-refractivity contribution in [1.82, 2.24) is 29.8 Å². The lowest BCUT2D eigenvalue weighted by atomic mass is 10.1. The number of pyridine rings is 2. The van der Waals surface area contributed by atoms with Crippen LogP contribution in [-0.4, -0.2) is 55.1 Å². The number of nitrogens with two attached hydrogens (primary N) is 1. The van der Waals surface area contributed by atoms with E-state index in [1.807, 2.05) is 0 Å². The molecule has 4 aromatic rings. The van der Waals surface area contributed by atoms with Crippen LogP contribution in [0.1, 0.15) is 34.5 Å². The molecule has 0 bridgehead atoms. The fourth-order valence-electron chi connectivity index (χ4n) is 4.48. The zero-order valence-corrected chi connectivity index (χ0v) is 20.7. The quantitative estimate of drug-likeness (QED) is 0.297. The topological polar surface area (TPSA) is 110 Å². The van der Waals surface area contributed by atoms with Crippen molar-refractivity contribution in [1.29, 1.82) is 0 Å². The molecule has 1 fully saturated rings. The molecule has 3 heterocycles. The predicted molar refractivity (Wildman–Crippen MR) is 130 cm³/mol. The van der Waals surface area contributed by atoms with Crippen molar-refractivity contribution in [3.05, 3.63) is 59.5 Å². The first kappa shape index (κ1) is 26.3. The van der Waals surface area contributed by atoms with Crippen LogP contribution in [0.5, 0.6) is 0 Å². The summed E-state index contributed by atoms with van der Waals surface area (Å²) in [5, 5.41) is 6.96. The van der Waals surface area contributed by atoms with Crippen LogP contribution in [-0.2, 0) is 24.6 Å². The van der Waals surface area contributed by atoms with Gasteiger partial charge in [0.25, 0.3) is 18.2 Å². The number of nitrogens with zero attached hydrogens (tertiary/aromatic N) is 6. The number of hydrogen-bond acceptors (Lipinski definition) is 6. The third kappa shape index (κ3) is 4.49. The van der Waals surface area contributed by atoms with Gasteiger partial charge in [-0.05, 0) is 43.2 Å². The van der Waals surface area contributed by atoms with Gasteiger partial charge in [-0.3, -0.25) is 24.3 Å². The van der Waals surface area contributed by atoms with E-state index in [0.29, 0.717) is 28.0 Å². The van der Waals surface area contributed by atoms with Crippen molar-refractivity contribution < 1.29 is 31.5 Å². The monoisotopic (exact) mass is 547 g/mol. The Morgan fingerprint density at radius 3 is 2.44 bits per heavy atom. The van der Waals surface area contributed by atoms with Gasteiger partial charge in [-0.1, -0.05) is 0 Å². The lowest BCUT2D eigenvalue weighted by molar-refractivity contribution is -0.155. The Kier molecular flexibility index (Phi) is 6.15. The largest absolute Gasteiger partial charge is 0.417 e.